The molecule has 0 aromatic carbocycles. The first-order valence-electron chi connectivity index (χ1n) is 2.93. The van der Waals surface area contributed by atoms with E-state index < -0.39 is 11.8 Å². The topological polar surface area (TPSA) is 61.2 Å². The van der Waals surface area contributed by atoms with Crippen LogP contribution >= 0.6 is 0 Å². The van der Waals surface area contributed by atoms with Gasteiger partial charge in [0.2, 0.25) is 5.91 Å². The van der Waals surface area contributed by atoms with Crippen LogP contribution in [0.3, 0.4) is 0 Å². The van der Waals surface area contributed by atoms with Gasteiger partial charge in [0.25, 0.3) is 0 Å². The maximum Gasteiger partial charge on any atom is 3.00 e. The minimum atomic E-state index is -0.835. The summed E-state index contributed by atoms with van der Waals surface area (Å²) in [6.07, 6.45) is 0. The number of carbonyl (C=O) groups excluding carboxylic acids is 2. The van der Waals surface area contributed by atoms with Crippen LogP contribution in [0.25, 0.3) is 5.73 Å². The Kier molecular flexibility index (Phi) is 7.01. The Hall–Kier alpha value is 0.0439. The van der Waals surface area contributed by atoms with Gasteiger partial charge in [0.05, 0.1) is 11.8 Å². The Morgan fingerprint density at radius 1 is 1.36 bits per heavy atom. The SMILES string of the molecule is CC(C([NH-])=O)C(=O)N(C)C.[Y+3]. The summed E-state index contributed by atoms with van der Waals surface area (Å²) in [5.74, 6) is -1.98. The van der Waals surface area contributed by atoms with E-state index in [9.17, 15) is 9.59 Å². The fraction of sp³-hybridized carbons (Fsp3) is 0.667. The molecule has 1 atom stereocenters. The normalized spacial score (nSPS) is 11.2. The number of hydrogen-bond donors (Lipinski definition) is 0. The molecule has 0 aromatic rings. The molecule has 0 aliphatic carbocycles. The number of hydrogen-bond acceptors (Lipinski definition) is 2. The predicted molar refractivity (Wildman–Crippen MR) is 37.2 cm³/mol. The fourth-order valence-corrected chi connectivity index (χ4v) is 0.499. The number of nitrogens with zero attached hydrogens (tertiary/aromatic N) is 1. The van der Waals surface area contributed by atoms with Crippen molar-refractivity contribution in [1.82, 2.24) is 4.90 Å². The third-order valence-electron chi connectivity index (χ3n) is 1.20. The van der Waals surface area contributed by atoms with E-state index in [0.29, 0.717) is 0 Å². The van der Waals surface area contributed by atoms with Gasteiger partial charge in [-0.3, -0.25) is 4.79 Å². The molecule has 0 spiro atoms. The summed E-state index contributed by atoms with van der Waals surface area (Å²) < 4.78 is 0. The monoisotopic (exact) mass is 232 g/mol. The van der Waals surface area contributed by atoms with Crippen LogP contribution < -0.4 is 0 Å². The van der Waals surface area contributed by atoms with E-state index in [0.717, 1.165) is 0 Å². The molecule has 5 heteroatoms. The largest absolute Gasteiger partial charge is 3.00 e. The Morgan fingerprint density at radius 3 is 1.82 bits per heavy atom. The molecule has 0 saturated carbocycles. The molecule has 0 bridgehead atoms. The minimum absolute atomic E-state index is 0. The van der Waals surface area contributed by atoms with Crippen LogP contribution in [-0.2, 0) is 42.3 Å². The van der Waals surface area contributed by atoms with Crippen molar-refractivity contribution in [2.24, 2.45) is 5.92 Å². The Labute approximate surface area is 91.4 Å². The molecule has 2 amide bonds. The Morgan fingerprint density at radius 2 is 1.73 bits per heavy atom. The van der Waals surface area contributed by atoms with Crippen molar-refractivity contribution < 1.29 is 42.3 Å². The van der Waals surface area contributed by atoms with Crippen LogP contribution in [-0.4, -0.2) is 30.8 Å². The third kappa shape index (κ3) is 4.48. The van der Waals surface area contributed by atoms with Crippen LogP contribution in [0.15, 0.2) is 0 Å². The summed E-state index contributed by atoms with van der Waals surface area (Å²) in [5, 5.41) is 0. The van der Waals surface area contributed by atoms with Gasteiger partial charge in [0.15, 0.2) is 0 Å². The van der Waals surface area contributed by atoms with Crippen molar-refractivity contribution in [2.75, 3.05) is 14.1 Å². The molecule has 58 valence electrons. The van der Waals surface area contributed by atoms with Crippen LogP contribution in [0.4, 0.5) is 0 Å². The van der Waals surface area contributed by atoms with Gasteiger partial charge in [-0.2, -0.15) is 0 Å². The second kappa shape index (κ2) is 5.66. The van der Waals surface area contributed by atoms with E-state index in [1.165, 1.54) is 11.8 Å². The average Bonchev–Trinajstić information content (AvgIpc) is 1.84. The zero-order valence-corrected chi connectivity index (χ0v) is 9.76. The molecule has 0 saturated heterocycles. The molecular weight excluding hydrogens is 221 g/mol. The summed E-state index contributed by atoms with van der Waals surface area (Å²) in [4.78, 5) is 22.5. The van der Waals surface area contributed by atoms with Crippen LogP contribution in [0.5, 0.6) is 0 Å². The second-order valence-electron chi connectivity index (χ2n) is 2.32. The molecular formula is C6H11N2O2Y+2. The van der Waals surface area contributed by atoms with E-state index in [-0.39, 0.29) is 38.6 Å². The molecule has 0 fully saturated rings. The summed E-state index contributed by atoms with van der Waals surface area (Å²) in [6.45, 7) is 1.43. The van der Waals surface area contributed by atoms with Gasteiger partial charge in [-0.05, 0) is 6.92 Å². The van der Waals surface area contributed by atoms with Gasteiger partial charge in [-0.25, -0.2) is 0 Å². The minimum Gasteiger partial charge on any atom is -0.667 e. The van der Waals surface area contributed by atoms with Crippen LogP contribution in [0.1, 0.15) is 6.92 Å². The van der Waals surface area contributed by atoms with Gasteiger partial charge in [-0.1, -0.05) is 0 Å². The van der Waals surface area contributed by atoms with E-state index in [4.69, 9.17) is 5.73 Å². The number of nitrogens with one attached hydrogen (secondary N) is 1. The summed E-state index contributed by atoms with van der Waals surface area (Å²) in [7, 11) is 3.11. The molecule has 1 unspecified atom stereocenters. The zero-order chi connectivity index (χ0) is 8.31. The first kappa shape index (κ1) is 13.6. The second-order valence-corrected chi connectivity index (χ2v) is 2.32. The maximum absolute atomic E-state index is 10.9. The summed E-state index contributed by atoms with van der Waals surface area (Å²) >= 11 is 0. The third-order valence-corrected chi connectivity index (χ3v) is 1.20. The van der Waals surface area contributed by atoms with Crippen molar-refractivity contribution in [2.45, 2.75) is 6.92 Å². The van der Waals surface area contributed by atoms with Gasteiger partial charge >= 0.3 is 32.7 Å². The van der Waals surface area contributed by atoms with Crippen LogP contribution in [0, 0.1) is 5.92 Å². The van der Waals surface area contributed by atoms with Crippen LogP contribution in [0.2, 0.25) is 0 Å². The Balaban J connectivity index is 0. The molecule has 0 aliphatic rings. The zero-order valence-electron chi connectivity index (χ0n) is 6.92. The van der Waals surface area contributed by atoms with Crippen molar-refractivity contribution in [3.63, 3.8) is 0 Å². The standard InChI is InChI=1S/C6H12N2O2.Y/c1-4(5(7)9)6(10)8(2)3;/h4H,1-3H3,(H2,7,9);/q;+3/p-1. The fourth-order valence-electron chi connectivity index (χ4n) is 0.499. The predicted octanol–water partition coefficient (Wildman–Crippen LogP) is 0.287. The van der Waals surface area contributed by atoms with Crippen molar-refractivity contribution in [3.05, 3.63) is 5.73 Å². The molecule has 4 nitrogen and oxygen atoms in total. The van der Waals surface area contributed by atoms with Gasteiger partial charge in [0, 0.05) is 14.1 Å². The van der Waals surface area contributed by atoms with Gasteiger partial charge < -0.3 is 15.4 Å². The number of amides is 2. The number of rotatable bonds is 2. The van der Waals surface area contributed by atoms with E-state index in [1.807, 2.05) is 0 Å². The Bertz CT molecular complexity index is 159. The average molecular weight is 232 g/mol. The quantitative estimate of drug-likeness (QED) is 0.642. The summed E-state index contributed by atoms with van der Waals surface area (Å²) in [6, 6.07) is 0. The molecule has 0 aliphatic heterocycles. The smallest absolute Gasteiger partial charge is 0.667 e. The van der Waals surface area contributed by atoms with E-state index in [2.05, 4.69) is 0 Å². The van der Waals surface area contributed by atoms with Gasteiger partial charge in [-0.15, -0.1) is 0 Å². The maximum atomic E-state index is 10.9. The molecule has 0 radical (unpaired) electrons. The van der Waals surface area contributed by atoms with E-state index in [1.54, 1.807) is 14.1 Å². The van der Waals surface area contributed by atoms with Crippen molar-refractivity contribution in [3.8, 4) is 0 Å². The van der Waals surface area contributed by atoms with Crippen molar-refractivity contribution in [1.29, 1.82) is 0 Å². The first-order chi connectivity index (χ1) is 4.46. The summed E-state index contributed by atoms with van der Waals surface area (Å²) in [5.41, 5.74) is 6.62. The van der Waals surface area contributed by atoms with Crippen molar-refractivity contribution >= 4 is 11.8 Å². The number of carbonyl (C=O) groups is 2. The molecule has 11 heavy (non-hydrogen) atoms. The molecule has 0 rings (SSSR count). The van der Waals surface area contributed by atoms with E-state index >= 15 is 0 Å². The molecule has 0 aromatic heterocycles. The van der Waals surface area contributed by atoms with Gasteiger partial charge in [0.1, 0.15) is 0 Å². The molecule has 1 N–H and O–H groups in total. The first-order valence-corrected chi connectivity index (χ1v) is 2.93. The molecule has 0 heterocycles.